The standard InChI is InChI=1S/C16H13N5OS/c22-15-13(7-10-8-18-14-12(10)4-1-5-17-14)20-16(21-15)19-9-11-3-2-6-23-11/h1-8,22H,9H2,(H2,19,20,21). The minimum atomic E-state index is -0.0445. The van der Waals surface area contributed by atoms with E-state index in [2.05, 4.69) is 25.3 Å². The van der Waals surface area contributed by atoms with Crippen molar-refractivity contribution in [3.05, 3.63) is 52.0 Å². The highest BCUT2D eigenvalue weighted by Gasteiger charge is 2.14. The zero-order valence-corrected chi connectivity index (χ0v) is 12.8. The molecule has 6 nitrogen and oxygen atoms in total. The number of nitrogens with zero attached hydrogens (tertiary/aromatic N) is 3. The first-order valence-electron chi connectivity index (χ1n) is 7.06. The number of allylic oxidation sites excluding steroid dienone is 1. The van der Waals surface area contributed by atoms with Gasteiger partial charge in [0, 0.05) is 28.4 Å². The summed E-state index contributed by atoms with van der Waals surface area (Å²) in [5.41, 5.74) is 2.36. The Hall–Kier alpha value is -2.93. The quantitative estimate of drug-likeness (QED) is 0.686. The normalized spacial score (nSPS) is 14.3. The fraction of sp³-hybridized carbons (Fsp3) is 0.0625. The summed E-state index contributed by atoms with van der Waals surface area (Å²) in [5.74, 6) is 1.18. The molecule has 0 atom stereocenters. The van der Waals surface area contributed by atoms with E-state index in [1.165, 1.54) is 4.88 Å². The Morgan fingerprint density at radius 1 is 1.30 bits per heavy atom. The van der Waals surface area contributed by atoms with E-state index < -0.39 is 0 Å². The van der Waals surface area contributed by atoms with Crippen LogP contribution in [-0.2, 0) is 6.54 Å². The summed E-state index contributed by atoms with van der Waals surface area (Å²) in [5, 5.41) is 15.2. The highest BCUT2D eigenvalue weighted by atomic mass is 32.1. The largest absolute Gasteiger partial charge is 0.492 e. The van der Waals surface area contributed by atoms with Gasteiger partial charge in [0.05, 0.1) is 6.54 Å². The third-order valence-electron chi connectivity index (χ3n) is 3.45. The molecule has 0 fully saturated rings. The lowest BCUT2D eigenvalue weighted by Crippen LogP contribution is -1.98. The van der Waals surface area contributed by atoms with Gasteiger partial charge in [-0.1, -0.05) is 6.07 Å². The maximum atomic E-state index is 10.0. The van der Waals surface area contributed by atoms with Crippen LogP contribution in [0.25, 0.3) is 11.6 Å². The highest BCUT2D eigenvalue weighted by Crippen LogP contribution is 2.31. The van der Waals surface area contributed by atoms with Crippen molar-refractivity contribution in [3.8, 4) is 5.88 Å². The van der Waals surface area contributed by atoms with E-state index in [9.17, 15) is 5.11 Å². The van der Waals surface area contributed by atoms with Crippen molar-refractivity contribution < 1.29 is 5.11 Å². The summed E-state index contributed by atoms with van der Waals surface area (Å²) in [6.07, 6.45) is 5.26. The van der Waals surface area contributed by atoms with E-state index in [1.54, 1.807) is 23.7 Å². The molecular weight excluding hydrogens is 310 g/mol. The van der Waals surface area contributed by atoms with Crippen LogP contribution in [0.15, 0.2) is 40.8 Å². The van der Waals surface area contributed by atoms with Crippen LogP contribution in [-0.4, -0.2) is 26.3 Å². The number of hydrogen-bond acceptors (Lipinski definition) is 6. The first kappa shape index (κ1) is 13.7. The molecule has 4 heterocycles. The number of rotatable bonds is 4. The van der Waals surface area contributed by atoms with Crippen molar-refractivity contribution in [1.82, 2.24) is 15.0 Å². The molecule has 1 aliphatic rings. The van der Waals surface area contributed by atoms with Crippen molar-refractivity contribution in [1.29, 1.82) is 0 Å². The minimum Gasteiger partial charge on any atom is -0.492 e. The lowest BCUT2D eigenvalue weighted by molar-refractivity contribution is 0.455. The molecule has 0 saturated carbocycles. The number of pyridine rings is 1. The van der Waals surface area contributed by atoms with Crippen molar-refractivity contribution in [2.75, 3.05) is 5.32 Å². The van der Waals surface area contributed by atoms with Crippen molar-refractivity contribution in [3.63, 3.8) is 0 Å². The Balaban J connectivity index is 1.56. The van der Waals surface area contributed by atoms with E-state index in [4.69, 9.17) is 0 Å². The van der Waals surface area contributed by atoms with Crippen molar-refractivity contribution in [2.24, 2.45) is 4.99 Å². The van der Waals surface area contributed by atoms with Gasteiger partial charge in [0.25, 0.3) is 0 Å². The van der Waals surface area contributed by atoms with E-state index in [-0.39, 0.29) is 5.88 Å². The first-order chi connectivity index (χ1) is 11.3. The summed E-state index contributed by atoms with van der Waals surface area (Å²) in [6, 6.07) is 7.86. The number of aromatic nitrogens is 3. The van der Waals surface area contributed by atoms with E-state index in [0.717, 1.165) is 11.1 Å². The molecule has 0 amide bonds. The van der Waals surface area contributed by atoms with Crippen LogP contribution in [0.4, 0.5) is 11.8 Å². The molecule has 7 heteroatoms. The molecule has 0 spiro atoms. The number of fused-ring (bicyclic) bond motifs is 1. The SMILES string of the molecule is Oc1nc(NCc2cccs2)[nH]c1C=C1C=Nc2ncccc21. The molecule has 23 heavy (non-hydrogen) atoms. The lowest BCUT2D eigenvalue weighted by atomic mass is 10.1. The van der Waals surface area contributed by atoms with Gasteiger partial charge < -0.3 is 15.4 Å². The molecule has 3 aromatic rings. The predicted octanol–water partition coefficient (Wildman–Crippen LogP) is 3.44. The second-order valence-corrected chi connectivity index (χ2v) is 6.02. The Bertz CT molecular complexity index is 895. The fourth-order valence-corrected chi connectivity index (χ4v) is 2.99. The van der Waals surface area contributed by atoms with Gasteiger partial charge in [-0.25, -0.2) is 9.98 Å². The van der Waals surface area contributed by atoms with Gasteiger partial charge in [-0.2, -0.15) is 4.98 Å². The number of hydrogen-bond donors (Lipinski definition) is 3. The monoisotopic (exact) mass is 323 g/mol. The van der Waals surface area contributed by atoms with Gasteiger partial charge >= 0.3 is 0 Å². The highest BCUT2D eigenvalue weighted by molar-refractivity contribution is 7.09. The number of nitrogens with one attached hydrogen (secondary N) is 2. The number of anilines is 1. The van der Waals surface area contributed by atoms with Crippen LogP contribution in [0.2, 0.25) is 0 Å². The summed E-state index contributed by atoms with van der Waals surface area (Å²) < 4.78 is 0. The predicted molar refractivity (Wildman–Crippen MR) is 92.2 cm³/mol. The smallest absolute Gasteiger partial charge is 0.238 e. The zero-order valence-electron chi connectivity index (χ0n) is 12.0. The van der Waals surface area contributed by atoms with Crippen LogP contribution < -0.4 is 5.32 Å². The average Bonchev–Trinajstić information content (AvgIpc) is 3.28. The van der Waals surface area contributed by atoms with Gasteiger partial charge in [0.1, 0.15) is 5.69 Å². The number of thiophene rings is 1. The number of aromatic amines is 1. The number of imidazole rings is 1. The number of H-pyrrole nitrogens is 1. The maximum absolute atomic E-state index is 10.0. The summed E-state index contributed by atoms with van der Waals surface area (Å²) >= 11 is 1.67. The number of aliphatic imine (C=N–C) groups is 1. The Labute approximate surface area is 136 Å². The molecule has 0 bridgehead atoms. The number of aromatic hydroxyl groups is 1. The van der Waals surface area contributed by atoms with Crippen molar-refractivity contribution >= 4 is 41.0 Å². The molecule has 0 radical (unpaired) electrons. The molecule has 3 N–H and O–H groups in total. The molecule has 0 saturated heterocycles. The van der Waals surface area contributed by atoms with Gasteiger partial charge in [0.15, 0.2) is 5.82 Å². The van der Waals surface area contributed by atoms with E-state index >= 15 is 0 Å². The molecule has 0 aliphatic carbocycles. The third kappa shape index (κ3) is 2.74. The topological polar surface area (TPSA) is 86.2 Å². The molecule has 4 rings (SSSR count). The van der Waals surface area contributed by atoms with Gasteiger partial charge in [-0.3, -0.25) is 0 Å². The molecular formula is C16H13N5OS. The van der Waals surface area contributed by atoms with Crippen LogP contribution in [0, 0.1) is 0 Å². The molecule has 114 valence electrons. The summed E-state index contributed by atoms with van der Waals surface area (Å²) in [7, 11) is 0. The van der Waals surface area contributed by atoms with Crippen LogP contribution >= 0.6 is 11.3 Å². The van der Waals surface area contributed by atoms with Crippen molar-refractivity contribution in [2.45, 2.75) is 6.54 Å². The average molecular weight is 323 g/mol. The maximum Gasteiger partial charge on any atom is 0.238 e. The fourth-order valence-electron chi connectivity index (χ4n) is 2.34. The van der Waals surface area contributed by atoms with E-state index in [1.807, 2.05) is 35.7 Å². The Kier molecular flexibility index (Phi) is 3.39. The summed E-state index contributed by atoms with van der Waals surface area (Å²) in [4.78, 5) is 16.8. The van der Waals surface area contributed by atoms with Gasteiger partial charge in [-0.15, -0.1) is 11.3 Å². The first-order valence-corrected chi connectivity index (χ1v) is 7.94. The Morgan fingerprint density at radius 3 is 3.13 bits per heavy atom. The van der Waals surface area contributed by atoms with Crippen LogP contribution in [0.1, 0.15) is 16.1 Å². The molecule has 0 aromatic carbocycles. The Morgan fingerprint density at radius 2 is 2.26 bits per heavy atom. The lowest BCUT2D eigenvalue weighted by Gasteiger charge is -1.99. The van der Waals surface area contributed by atoms with Gasteiger partial charge in [-0.05, 0) is 29.7 Å². The summed E-state index contributed by atoms with van der Waals surface area (Å²) in [6.45, 7) is 0.662. The van der Waals surface area contributed by atoms with Crippen LogP contribution in [0.5, 0.6) is 5.88 Å². The van der Waals surface area contributed by atoms with Gasteiger partial charge in [0.2, 0.25) is 11.8 Å². The molecule has 1 aliphatic heterocycles. The molecule has 3 aromatic heterocycles. The second-order valence-electron chi connectivity index (χ2n) is 4.99. The molecule has 0 unspecified atom stereocenters. The van der Waals surface area contributed by atoms with E-state index in [0.29, 0.717) is 24.0 Å². The van der Waals surface area contributed by atoms with Crippen LogP contribution in [0.3, 0.4) is 0 Å². The third-order valence-corrected chi connectivity index (χ3v) is 4.32. The minimum absolute atomic E-state index is 0.0445. The zero-order chi connectivity index (χ0) is 15.6. The second kappa shape index (κ2) is 5.69.